The number of urea groups is 1. The van der Waals surface area contributed by atoms with E-state index >= 15 is 0 Å². The topological polar surface area (TPSA) is 61.4 Å². The van der Waals surface area contributed by atoms with Crippen molar-refractivity contribution in [2.45, 2.75) is 40.0 Å². The van der Waals surface area contributed by atoms with E-state index in [2.05, 4.69) is 17.6 Å². The number of aryl methyl sites for hydroxylation is 2. The van der Waals surface area contributed by atoms with Gasteiger partial charge in [-0.25, -0.2) is 4.79 Å². The Morgan fingerprint density at radius 2 is 2.05 bits per heavy atom. The van der Waals surface area contributed by atoms with Crippen LogP contribution >= 0.6 is 0 Å². The normalized spacial score (nSPS) is 12.0. The fraction of sp³-hybridized carbons (Fsp3) is 0.562. The Hall–Kier alpha value is -1.55. The van der Waals surface area contributed by atoms with Gasteiger partial charge in [0.1, 0.15) is 0 Å². The standard InChI is InChI=1S/C16H26N2O2/c1-4-5-14(8-9-19)11-17-16(20)18-15-7-6-12(2)10-13(15)3/h6-7,10,14,19H,4-5,8-9,11H2,1-3H3,(H2,17,18,20). The molecule has 1 rings (SSSR count). The number of nitrogens with one attached hydrogen (secondary N) is 2. The summed E-state index contributed by atoms with van der Waals surface area (Å²) in [6.07, 6.45) is 2.81. The number of carbonyl (C=O) groups excluding carboxylic acids is 1. The third kappa shape index (κ3) is 5.61. The highest BCUT2D eigenvalue weighted by atomic mass is 16.3. The highest BCUT2D eigenvalue weighted by Gasteiger charge is 2.10. The molecule has 1 atom stereocenters. The quantitative estimate of drug-likeness (QED) is 0.717. The van der Waals surface area contributed by atoms with Crippen molar-refractivity contribution in [3.8, 4) is 0 Å². The van der Waals surface area contributed by atoms with E-state index in [0.29, 0.717) is 12.5 Å². The molecular weight excluding hydrogens is 252 g/mol. The molecule has 0 saturated carbocycles. The van der Waals surface area contributed by atoms with Gasteiger partial charge in [0.2, 0.25) is 0 Å². The van der Waals surface area contributed by atoms with Gasteiger partial charge in [0.15, 0.2) is 0 Å². The Kier molecular flexibility index (Phi) is 7.09. The second-order valence-corrected chi connectivity index (χ2v) is 5.32. The fourth-order valence-corrected chi connectivity index (χ4v) is 2.30. The molecule has 1 aromatic carbocycles. The molecule has 0 saturated heterocycles. The zero-order valence-corrected chi connectivity index (χ0v) is 12.7. The number of rotatable bonds is 7. The van der Waals surface area contributed by atoms with Crippen LogP contribution in [0.4, 0.5) is 10.5 Å². The molecule has 4 heteroatoms. The van der Waals surface area contributed by atoms with Gasteiger partial charge in [-0.2, -0.15) is 0 Å². The predicted molar refractivity (Wildman–Crippen MR) is 83.0 cm³/mol. The minimum absolute atomic E-state index is 0.172. The number of carbonyl (C=O) groups is 1. The van der Waals surface area contributed by atoms with Crippen molar-refractivity contribution in [1.82, 2.24) is 5.32 Å². The highest BCUT2D eigenvalue weighted by molar-refractivity contribution is 5.90. The lowest BCUT2D eigenvalue weighted by Gasteiger charge is -2.16. The first-order chi connectivity index (χ1) is 9.56. The summed E-state index contributed by atoms with van der Waals surface area (Å²) >= 11 is 0. The van der Waals surface area contributed by atoms with E-state index in [1.807, 2.05) is 32.0 Å². The van der Waals surface area contributed by atoms with Crippen molar-refractivity contribution in [2.75, 3.05) is 18.5 Å². The summed E-state index contributed by atoms with van der Waals surface area (Å²) in [5, 5.41) is 14.7. The summed E-state index contributed by atoms with van der Waals surface area (Å²) in [4.78, 5) is 11.9. The molecule has 0 spiro atoms. The van der Waals surface area contributed by atoms with Crippen LogP contribution in [0.1, 0.15) is 37.3 Å². The first-order valence-electron chi connectivity index (χ1n) is 7.29. The van der Waals surface area contributed by atoms with Crippen molar-refractivity contribution in [2.24, 2.45) is 5.92 Å². The third-order valence-corrected chi connectivity index (χ3v) is 3.42. The SMILES string of the molecule is CCCC(CCO)CNC(=O)Nc1ccc(C)cc1C. The maximum Gasteiger partial charge on any atom is 0.319 e. The molecule has 0 radical (unpaired) electrons. The van der Waals surface area contributed by atoms with Crippen LogP contribution in [0, 0.1) is 19.8 Å². The van der Waals surface area contributed by atoms with E-state index in [-0.39, 0.29) is 12.6 Å². The third-order valence-electron chi connectivity index (χ3n) is 3.42. The van der Waals surface area contributed by atoms with Gasteiger partial charge in [-0.05, 0) is 44.2 Å². The molecule has 1 unspecified atom stereocenters. The second kappa shape index (κ2) is 8.59. The van der Waals surface area contributed by atoms with E-state index in [0.717, 1.165) is 30.5 Å². The van der Waals surface area contributed by atoms with Crippen LogP contribution in [0.5, 0.6) is 0 Å². The van der Waals surface area contributed by atoms with E-state index < -0.39 is 0 Å². The summed E-state index contributed by atoms with van der Waals surface area (Å²) in [6.45, 7) is 6.89. The van der Waals surface area contributed by atoms with Gasteiger partial charge in [-0.3, -0.25) is 0 Å². The van der Waals surface area contributed by atoms with Crippen LogP contribution < -0.4 is 10.6 Å². The zero-order chi connectivity index (χ0) is 15.0. The number of anilines is 1. The molecule has 1 aromatic rings. The highest BCUT2D eigenvalue weighted by Crippen LogP contribution is 2.16. The van der Waals surface area contributed by atoms with Crippen LogP contribution in [0.15, 0.2) is 18.2 Å². The molecule has 0 aromatic heterocycles. The molecule has 3 N–H and O–H groups in total. The summed E-state index contributed by atoms with van der Waals surface area (Å²) in [6, 6.07) is 5.76. The minimum Gasteiger partial charge on any atom is -0.396 e. The maximum atomic E-state index is 11.9. The van der Waals surface area contributed by atoms with Gasteiger partial charge in [0.25, 0.3) is 0 Å². The fourth-order valence-electron chi connectivity index (χ4n) is 2.30. The Morgan fingerprint density at radius 1 is 1.30 bits per heavy atom. The number of benzene rings is 1. The number of amides is 2. The Labute approximate surface area is 121 Å². The molecule has 4 nitrogen and oxygen atoms in total. The molecule has 0 bridgehead atoms. The first kappa shape index (κ1) is 16.5. The average Bonchev–Trinajstić information content (AvgIpc) is 2.40. The lowest BCUT2D eigenvalue weighted by atomic mass is 10.0. The smallest absolute Gasteiger partial charge is 0.319 e. The van der Waals surface area contributed by atoms with Gasteiger partial charge in [0, 0.05) is 18.8 Å². The van der Waals surface area contributed by atoms with Crippen LogP contribution in [0.25, 0.3) is 0 Å². The molecule has 0 aliphatic heterocycles. The van der Waals surface area contributed by atoms with Crippen LogP contribution in [-0.4, -0.2) is 24.3 Å². The summed E-state index contributed by atoms with van der Waals surface area (Å²) in [5.74, 6) is 0.342. The maximum absolute atomic E-state index is 11.9. The van der Waals surface area contributed by atoms with E-state index in [4.69, 9.17) is 5.11 Å². The average molecular weight is 278 g/mol. The Balaban J connectivity index is 2.46. The first-order valence-corrected chi connectivity index (χ1v) is 7.29. The summed E-state index contributed by atoms with van der Waals surface area (Å²) in [7, 11) is 0. The molecule has 0 heterocycles. The Morgan fingerprint density at radius 3 is 2.65 bits per heavy atom. The monoisotopic (exact) mass is 278 g/mol. The van der Waals surface area contributed by atoms with Crippen molar-refractivity contribution >= 4 is 11.7 Å². The minimum atomic E-state index is -0.184. The van der Waals surface area contributed by atoms with Crippen molar-refractivity contribution in [1.29, 1.82) is 0 Å². The molecule has 20 heavy (non-hydrogen) atoms. The molecule has 2 amide bonds. The van der Waals surface area contributed by atoms with E-state index in [1.54, 1.807) is 0 Å². The lowest BCUT2D eigenvalue weighted by molar-refractivity contribution is 0.236. The largest absolute Gasteiger partial charge is 0.396 e. The Bertz CT molecular complexity index is 426. The van der Waals surface area contributed by atoms with Gasteiger partial charge in [0.05, 0.1) is 0 Å². The van der Waals surface area contributed by atoms with E-state index in [9.17, 15) is 4.79 Å². The molecule has 0 aliphatic carbocycles. The predicted octanol–water partition coefficient (Wildman–Crippen LogP) is 3.22. The molecular formula is C16H26N2O2. The van der Waals surface area contributed by atoms with Gasteiger partial charge in [-0.15, -0.1) is 0 Å². The summed E-state index contributed by atoms with van der Waals surface area (Å²) < 4.78 is 0. The van der Waals surface area contributed by atoms with Crippen LogP contribution in [-0.2, 0) is 0 Å². The number of hydrogen-bond donors (Lipinski definition) is 3. The molecule has 0 fully saturated rings. The second-order valence-electron chi connectivity index (χ2n) is 5.32. The van der Waals surface area contributed by atoms with Gasteiger partial charge >= 0.3 is 6.03 Å². The van der Waals surface area contributed by atoms with Crippen LogP contribution in [0.3, 0.4) is 0 Å². The van der Waals surface area contributed by atoms with Gasteiger partial charge in [-0.1, -0.05) is 31.0 Å². The van der Waals surface area contributed by atoms with Crippen LogP contribution in [0.2, 0.25) is 0 Å². The van der Waals surface area contributed by atoms with Gasteiger partial charge < -0.3 is 15.7 Å². The number of aliphatic hydroxyl groups is 1. The molecule has 112 valence electrons. The van der Waals surface area contributed by atoms with Crippen molar-refractivity contribution in [3.05, 3.63) is 29.3 Å². The number of hydrogen-bond acceptors (Lipinski definition) is 2. The van der Waals surface area contributed by atoms with E-state index in [1.165, 1.54) is 5.56 Å². The van der Waals surface area contributed by atoms with Crippen molar-refractivity contribution < 1.29 is 9.90 Å². The van der Waals surface area contributed by atoms with Crippen molar-refractivity contribution in [3.63, 3.8) is 0 Å². The molecule has 0 aliphatic rings. The summed E-state index contributed by atoms with van der Waals surface area (Å²) in [5.41, 5.74) is 3.07. The zero-order valence-electron chi connectivity index (χ0n) is 12.7. The lowest BCUT2D eigenvalue weighted by Crippen LogP contribution is -2.33. The number of aliphatic hydroxyl groups excluding tert-OH is 1.